The standard InChI is InChI=1S/C12N6.2Li/c13-1-7(2-14)10-11(8(3-15)4-16)12(10)9(5-17)6-18;;. The fourth-order valence-electron chi connectivity index (χ4n) is 1.35. The Bertz CT molecular complexity index is 618. The first-order valence-electron chi connectivity index (χ1n) is 4.34. The minimum Gasteiger partial charge on any atom is -0.192 e. The van der Waals surface area contributed by atoms with Gasteiger partial charge in [0.05, 0.1) is 0 Å². The molecule has 0 spiro atoms. The normalized spacial score (nSPS) is 9.60. The second-order valence-corrected chi connectivity index (χ2v) is 2.92. The Hall–Kier alpha value is -2.65. The summed E-state index contributed by atoms with van der Waals surface area (Å²) < 4.78 is 0. The average molecular weight is 242 g/mol. The average Bonchev–Trinajstić information content (AvgIpc) is 3.10. The first-order chi connectivity index (χ1) is 8.69. The van der Waals surface area contributed by atoms with Gasteiger partial charge in [-0.25, -0.2) is 0 Å². The monoisotopic (exact) mass is 242 g/mol. The summed E-state index contributed by atoms with van der Waals surface area (Å²) in [6.45, 7) is 0. The Balaban J connectivity index is 0. The molecule has 1 aliphatic carbocycles. The predicted octanol–water partition coefficient (Wildman–Crippen LogP) is 0.270. The Kier molecular flexibility index (Phi) is 8.32. The van der Waals surface area contributed by atoms with Crippen molar-refractivity contribution in [3.05, 3.63) is 33.4 Å². The molecule has 0 N–H and O–H groups in total. The van der Waals surface area contributed by atoms with Crippen LogP contribution in [0.4, 0.5) is 0 Å². The van der Waals surface area contributed by atoms with Gasteiger partial charge in [0.1, 0.15) is 53.1 Å². The van der Waals surface area contributed by atoms with Crippen LogP contribution in [-0.4, -0.2) is 37.7 Å². The molecule has 80 valence electrons. The van der Waals surface area contributed by atoms with E-state index in [0.29, 0.717) is 0 Å². The molecule has 1 rings (SSSR count). The smallest absolute Gasteiger partial charge is 0.138 e. The zero-order valence-electron chi connectivity index (χ0n) is 10.7. The molecule has 20 heavy (non-hydrogen) atoms. The molecule has 1 saturated carbocycles. The first kappa shape index (κ1) is 19.7. The predicted molar refractivity (Wildman–Crippen MR) is 66.3 cm³/mol. The van der Waals surface area contributed by atoms with Gasteiger partial charge < -0.3 is 0 Å². The molecule has 0 bridgehead atoms. The largest absolute Gasteiger partial charge is 0.192 e. The maximum atomic E-state index is 8.72. The maximum absolute atomic E-state index is 8.72. The fraction of sp³-hybridized carbons (Fsp3) is 0. The molecule has 0 atom stereocenters. The fourth-order valence-corrected chi connectivity index (χ4v) is 1.35. The van der Waals surface area contributed by atoms with Gasteiger partial charge in [-0.3, -0.25) is 0 Å². The molecule has 0 aliphatic heterocycles. The Morgan fingerprint density at radius 3 is 0.700 bits per heavy atom. The number of rotatable bonds is 0. The summed E-state index contributed by atoms with van der Waals surface area (Å²) in [6.07, 6.45) is 0. The molecule has 0 aromatic heterocycles. The van der Waals surface area contributed by atoms with E-state index in [1.54, 1.807) is 36.4 Å². The van der Waals surface area contributed by atoms with Crippen LogP contribution in [0, 0.1) is 68.0 Å². The summed E-state index contributed by atoms with van der Waals surface area (Å²) in [4.78, 5) is 0. The summed E-state index contributed by atoms with van der Waals surface area (Å²) >= 11 is 0. The van der Waals surface area contributed by atoms with Crippen molar-refractivity contribution in [2.75, 3.05) is 0 Å². The SMILES string of the molecule is N#CC(C#N)=C1C(=C(C#N)C#N)C1=C(C#N)C#N.[Li].[Li]. The van der Waals surface area contributed by atoms with Crippen LogP contribution in [0.1, 0.15) is 0 Å². The third-order valence-corrected chi connectivity index (χ3v) is 2.11. The van der Waals surface area contributed by atoms with E-state index in [2.05, 4.69) is 0 Å². The van der Waals surface area contributed by atoms with E-state index in [0.717, 1.165) is 0 Å². The van der Waals surface area contributed by atoms with Gasteiger partial charge in [0, 0.05) is 54.4 Å². The van der Waals surface area contributed by atoms with Crippen LogP contribution in [-0.2, 0) is 0 Å². The third-order valence-electron chi connectivity index (χ3n) is 2.11. The number of hydrogen-bond donors (Lipinski definition) is 0. The van der Waals surface area contributed by atoms with Gasteiger partial charge in [0.15, 0.2) is 0 Å². The van der Waals surface area contributed by atoms with Crippen molar-refractivity contribution in [1.82, 2.24) is 0 Å². The van der Waals surface area contributed by atoms with Gasteiger partial charge in [-0.05, 0) is 0 Å². The van der Waals surface area contributed by atoms with Gasteiger partial charge in [-0.15, -0.1) is 0 Å². The van der Waals surface area contributed by atoms with Crippen LogP contribution in [0.3, 0.4) is 0 Å². The molecule has 0 amide bonds. The van der Waals surface area contributed by atoms with Crippen LogP contribution in [0.2, 0.25) is 0 Å². The molecular formula is C12Li2N6. The molecule has 2 radical (unpaired) electrons. The second-order valence-electron chi connectivity index (χ2n) is 2.92. The van der Waals surface area contributed by atoms with E-state index in [1.165, 1.54) is 0 Å². The van der Waals surface area contributed by atoms with Crippen molar-refractivity contribution >= 4 is 37.7 Å². The first-order valence-corrected chi connectivity index (χ1v) is 4.34. The topological polar surface area (TPSA) is 143 Å². The minimum atomic E-state index is -0.328. The molecule has 0 saturated heterocycles. The van der Waals surface area contributed by atoms with Gasteiger partial charge in [0.25, 0.3) is 0 Å². The summed E-state index contributed by atoms with van der Waals surface area (Å²) in [5.74, 6) is 0. The number of nitrogens with zero attached hydrogens (tertiary/aromatic N) is 6. The van der Waals surface area contributed by atoms with Crippen LogP contribution in [0.15, 0.2) is 33.4 Å². The van der Waals surface area contributed by atoms with Crippen molar-refractivity contribution < 1.29 is 0 Å². The number of allylic oxidation sites excluding steroid dienone is 6. The van der Waals surface area contributed by atoms with Gasteiger partial charge >= 0.3 is 0 Å². The van der Waals surface area contributed by atoms with Gasteiger partial charge in [0.2, 0.25) is 0 Å². The van der Waals surface area contributed by atoms with Crippen molar-refractivity contribution in [2.24, 2.45) is 0 Å². The van der Waals surface area contributed by atoms with E-state index < -0.39 is 0 Å². The van der Waals surface area contributed by atoms with Crippen molar-refractivity contribution in [1.29, 1.82) is 31.6 Å². The zero-order valence-corrected chi connectivity index (χ0v) is 10.7. The van der Waals surface area contributed by atoms with Crippen LogP contribution >= 0.6 is 0 Å². The van der Waals surface area contributed by atoms with E-state index in [1.807, 2.05) is 0 Å². The molecule has 0 aromatic carbocycles. The Morgan fingerprint density at radius 2 is 0.600 bits per heavy atom. The van der Waals surface area contributed by atoms with Gasteiger partial charge in [-0.1, -0.05) is 0 Å². The van der Waals surface area contributed by atoms with E-state index in [4.69, 9.17) is 31.6 Å². The summed E-state index contributed by atoms with van der Waals surface area (Å²) in [5, 5.41) is 52.3. The van der Waals surface area contributed by atoms with E-state index >= 15 is 0 Å². The Morgan fingerprint density at radius 1 is 0.450 bits per heavy atom. The molecule has 1 aliphatic rings. The Labute approximate surface area is 139 Å². The summed E-state index contributed by atoms with van der Waals surface area (Å²) in [7, 11) is 0. The van der Waals surface area contributed by atoms with Crippen molar-refractivity contribution in [3.8, 4) is 36.4 Å². The van der Waals surface area contributed by atoms with Gasteiger partial charge in [-0.2, -0.15) is 31.6 Å². The van der Waals surface area contributed by atoms with Crippen molar-refractivity contribution in [2.45, 2.75) is 0 Å². The maximum Gasteiger partial charge on any atom is 0.138 e. The van der Waals surface area contributed by atoms with E-state index in [9.17, 15) is 0 Å². The quantitative estimate of drug-likeness (QED) is 0.440. The molecule has 0 unspecified atom stereocenters. The molecular weight excluding hydrogens is 242 g/mol. The van der Waals surface area contributed by atoms with Crippen LogP contribution < -0.4 is 0 Å². The second kappa shape index (κ2) is 8.46. The van der Waals surface area contributed by atoms with E-state index in [-0.39, 0.29) is 71.2 Å². The minimum absolute atomic E-state index is 0. The number of nitriles is 6. The summed E-state index contributed by atoms with van der Waals surface area (Å²) in [6, 6.07) is 9.55. The van der Waals surface area contributed by atoms with Crippen LogP contribution in [0.5, 0.6) is 0 Å². The summed E-state index contributed by atoms with van der Waals surface area (Å²) in [5.41, 5.74) is -0.869. The molecule has 6 nitrogen and oxygen atoms in total. The van der Waals surface area contributed by atoms with Crippen LogP contribution in [0.25, 0.3) is 0 Å². The van der Waals surface area contributed by atoms with Crippen molar-refractivity contribution in [3.63, 3.8) is 0 Å². The molecule has 8 heteroatoms. The zero-order chi connectivity index (χ0) is 13.7. The molecule has 1 fully saturated rings. The number of hydrogen-bond acceptors (Lipinski definition) is 6. The molecule has 0 aromatic rings. The molecule has 0 heterocycles. The third kappa shape index (κ3) is 3.22.